The third kappa shape index (κ3) is 4.04. The van der Waals surface area contributed by atoms with Crippen molar-refractivity contribution in [1.82, 2.24) is 20.0 Å². The summed E-state index contributed by atoms with van der Waals surface area (Å²) in [7, 11) is 2.12. The van der Waals surface area contributed by atoms with Crippen molar-refractivity contribution in [1.29, 1.82) is 0 Å². The van der Waals surface area contributed by atoms with Crippen LogP contribution >= 0.6 is 15.9 Å². The monoisotopic (exact) mass is 328 g/mol. The van der Waals surface area contributed by atoms with Gasteiger partial charge in [0.25, 0.3) is 0 Å². The van der Waals surface area contributed by atoms with Gasteiger partial charge in [0, 0.05) is 24.7 Å². The summed E-state index contributed by atoms with van der Waals surface area (Å²) in [5.74, 6) is 0.126. The predicted molar refractivity (Wildman–Crippen MR) is 77.9 cm³/mol. The van der Waals surface area contributed by atoms with Gasteiger partial charge in [0.05, 0.1) is 10.7 Å². The molecule has 0 bridgehead atoms. The molecule has 0 atom stereocenters. The average molecular weight is 329 g/mol. The lowest BCUT2D eigenvalue weighted by Crippen LogP contribution is -2.43. The zero-order valence-corrected chi connectivity index (χ0v) is 13.1. The van der Waals surface area contributed by atoms with Gasteiger partial charge in [-0.25, -0.2) is 0 Å². The second-order valence-corrected chi connectivity index (χ2v) is 6.05. The minimum atomic E-state index is 0.126. The molecule has 1 N–H and O–H groups in total. The number of nitrogens with one attached hydrogen (secondary N) is 1. The lowest BCUT2D eigenvalue weighted by Gasteiger charge is -2.29. The Hall–Kier alpha value is -0.880. The van der Waals surface area contributed by atoms with Crippen molar-refractivity contribution in [2.45, 2.75) is 38.8 Å². The molecule has 0 radical (unpaired) electrons. The molecule has 1 aromatic rings. The van der Waals surface area contributed by atoms with Gasteiger partial charge in [-0.3, -0.25) is 9.48 Å². The molecule has 1 aliphatic heterocycles. The van der Waals surface area contributed by atoms with Gasteiger partial charge in [-0.15, -0.1) is 0 Å². The van der Waals surface area contributed by atoms with Crippen molar-refractivity contribution in [2.24, 2.45) is 0 Å². The van der Waals surface area contributed by atoms with Gasteiger partial charge < -0.3 is 10.2 Å². The van der Waals surface area contributed by atoms with E-state index >= 15 is 0 Å². The normalized spacial score (nSPS) is 17.6. The standard InChI is InChI=1S/C13H21BrN4O/c1-10-12(14)9-15-18(10)8-5-13(19)16-11-3-6-17(2)7-4-11/h9,11H,3-8H2,1-2H3,(H,16,19). The average Bonchev–Trinajstić information content (AvgIpc) is 2.70. The van der Waals surface area contributed by atoms with Crippen molar-refractivity contribution in [3.05, 3.63) is 16.4 Å². The van der Waals surface area contributed by atoms with Crippen molar-refractivity contribution in [3.8, 4) is 0 Å². The molecule has 5 nitrogen and oxygen atoms in total. The van der Waals surface area contributed by atoms with Gasteiger partial charge in [-0.2, -0.15) is 5.10 Å². The van der Waals surface area contributed by atoms with Gasteiger partial charge in [0.1, 0.15) is 0 Å². The van der Waals surface area contributed by atoms with Crippen LogP contribution < -0.4 is 5.32 Å². The number of rotatable bonds is 4. The van der Waals surface area contributed by atoms with Gasteiger partial charge in [0.2, 0.25) is 5.91 Å². The van der Waals surface area contributed by atoms with Crippen LogP contribution in [-0.2, 0) is 11.3 Å². The number of hydrogen-bond donors (Lipinski definition) is 1. The van der Waals surface area contributed by atoms with Crippen LogP contribution in [0.2, 0.25) is 0 Å². The fourth-order valence-corrected chi connectivity index (χ4v) is 2.61. The Morgan fingerprint density at radius 1 is 1.53 bits per heavy atom. The molecular formula is C13H21BrN4O. The summed E-state index contributed by atoms with van der Waals surface area (Å²) in [6.07, 6.45) is 4.36. The number of carbonyl (C=O) groups is 1. The number of amides is 1. The first-order valence-electron chi connectivity index (χ1n) is 6.72. The molecular weight excluding hydrogens is 308 g/mol. The van der Waals surface area contributed by atoms with E-state index in [1.165, 1.54) is 0 Å². The summed E-state index contributed by atoms with van der Waals surface area (Å²) in [6, 6.07) is 0.342. The van der Waals surface area contributed by atoms with Crippen molar-refractivity contribution in [2.75, 3.05) is 20.1 Å². The maximum atomic E-state index is 11.9. The van der Waals surface area contributed by atoms with Crippen LogP contribution in [0.4, 0.5) is 0 Å². The Morgan fingerprint density at radius 3 is 2.79 bits per heavy atom. The molecule has 1 aliphatic rings. The Bertz CT molecular complexity index is 438. The second kappa shape index (κ2) is 6.52. The van der Waals surface area contributed by atoms with E-state index in [2.05, 4.69) is 38.3 Å². The molecule has 0 saturated carbocycles. The van der Waals surface area contributed by atoms with Crippen LogP contribution in [-0.4, -0.2) is 46.8 Å². The lowest BCUT2D eigenvalue weighted by molar-refractivity contribution is -0.122. The molecule has 1 fully saturated rings. The quantitative estimate of drug-likeness (QED) is 0.912. The number of nitrogens with zero attached hydrogens (tertiary/aromatic N) is 3. The number of aryl methyl sites for hydroxylation is 1. The molecule has 0 unspecified atom stereocenters. The lowest BCUT2D eigenvalue weighted by atomic mass is 10.1. The summed E-state index contributed by atoms with van der Waals surface area (Å²) < 4.78 is 2.85. The second-order valence-electron chi connectivity index (χ2n) is 5.20. The molecule has 19 heavy (non-hydrogen) atoms. The number of aromatic nitrogens is 2. The Kier molecular flexibility index (Phi) is 4.99. The Labute approximate surface area is 122 Å². The maximum Gasteiger partial charge on any atom is 0.222 e. The van der Waals surface area contributed by atoms with E-state index in [1.54, 1.807) is 6.20 Å². The first-order valence-corrected chi connectivity index (χ1v) is 7.51. The Morgan fingerprint density at radius 2 is 2.21 bits per heavy atom. The summed E-state index contributed by atoms with van der Waals surface area (Å²) in [5, 5.41) is 7.34. The largest absolute Gasteiger partial charge is 0.353 e. The summed E-state index contributed by atoms with van der Waals surface area (Å²) in [6.45, 7) is 4.76. The molecule has 2 rings (SSSR count). The Balaban J connectivity index is 1.74. The van der Waals surface area contributed by atoms with Crippen LogP contribution in [0.3, 0.4) is 0 Å². The molecule has 106 valence electrons. The highest BCUT2D eigenvalue weighted by atomic mass is 79.9. The van der Waals surface area contributed by atoms with Gasteiger partial charge >= 0.3 is 0 Å². The van der Waals surface area contributed by atoms with Crippen molar-refractivity contribution in [3.63, 3.8) is 0 Å². The number of piperidine rings is 1. The van der Waals surface area contributed by atoms with E-state index < -0.39 is 0 Å². The van der Waals surface area contributed by atoms with Crippen LogP contribution in [0.15, 0.2) is 10.7 Å². The maximum absolute atomic E-state index is 11.9. The third-order valence-electron chi connectivity index (χ3n) is 3.68. The van der Waals surface area contributed by atoms with E-state index in [-0.39, 0.29) is 5.91 Å². The smallest absolute Gasteiger partial charge is 0.222 e. The van der Waals surface area contributed by atoms with Crippen molar-refractivity contribution >= 4 is 21.8 Å². The minimum Gasteiger partial charge on any atom is -0.353 e. The summed E-state index contributed by atoms with van der Waals surface area (Å²) in [4.78, 5) is 14.2. The van der Waals surface area contributed by atoms with E-state index in [0.717, 1.165) is 36.1 Å². The van der Waals surface area contributed by atoms with Crippen molar-refractivity contribution < 1.29 is 4.79 Å². The van der Waals surface area contributed by atoms with Crippen LogP contribution in [0.25, 0.3) is 0 Å². The molecule has 1 amide bonds. The molecule has 6 heteroatoms. The fourth-order valence-electron chi connectivity index (χ4n) is 2.31. The predicted octanol–water partition coefficient (Wildman–Crippen LogP) is 1.55. The van der Waals surface area contributed by atoms with Crippen LogP contribution in [0, 0.1) is 6.92 Å². The zero-order chi connectivity index (χ0) is 13.8. The van der Waals surface area contributed by atoms with Gasteiger partial charge in [-0.1, -0.05) is 0 Å². The van der Waals surface area contributed by atoms with E-state index in [0.29, 0.717) is 19.0 Å². The summed E-state index contributed by atoms with van der Waals surface area (Å²) >= 11 is 3.42. The SMILES string of the molecule is Cc1c(Br)cnn1CCC(=O)NC1CCN(C)CC1. The highest BCUT2D eigenvalue weighted by molar-refractivity contribution is 9.10. The van der Waals surface area contributed by atoms with Crippen LogP contribution in [0.1, 0.15) is 25.0 Å². The molecule has 0 aliphatic carbocycles. The number of hydrogen-bond acceptors (Lipinski definition) is 3. The molecule has 0 aromatic carbocycles. The number of likely N-dealkylation sites (tertiary alicyclic amines) is 1. The van der Waals surface area contributed by atoms with Crippen LogP contribution in [0.5, 0.6) is 0 Å². The van der Waals surface area contributed by atoms with Gasteiger partial charge in [0.15, 0.2) is 0 Å². The van der Waals surface area contributed by atoms with Gasteiger partial charge in [-0.05, 0) is 55.8 Å². The first-order chi connectivity index (χ1) is 9.06. The zero-order valence-electron chi connectivity index (χ0n) is 11.5. The number of carbonyl (C=O) groups excluding carboxylic acids is 1. The summed E-state index contributed by atoms with van der Waals surface area (Å²) in [5.41, 5.74) is 1.06. The third-order valence-corrected chi connectivity index (χ3v) is 4.46. The highest BCUT2D eigenvalue weighted by Crippen LogP contribution is 2.14. The number of halogens is 1. The fraction of sp³-hybridized carbons (Fsp3) is 0.692. The molecule has 1 aromatic heterocycles. The molecule has 1 saturated heterocycles. The highest BCUT2D eigenvalue weighted by Gasteiger charge is 2.18. The molecule has 0 spiro atoms. The topological polar surface area (TPSA) is 50.2 Å². The van der Waals surface area contributed by atoms with E-state index in [1.807, 2.05) is 11.6 Å². The van der Waals surface area contributed by atoms with E-state index in [4.69, 9.17) is 0 Å². The molecule has 2 heterocycles. The van der Waals surface area contributed by atoms with E-state index in [9.17, 15) is 4.79 Å². The first kappa shape index (κ1) is 14.5. The minimum absolute atomic E-state index is 0.126.